The highest BCUT2D eigenvalue weighted by molar-refractivity contribution is 5.91. The van der Waals surface area contributed by atoms with E-state index in [9.17, 15) is 4.79 Å². The van der Waals surface area contributed by atoms with Gasteiger partial charge in [0.25, 0.3) is 0 Å². The molecule has 0 saturated heterocycles. The summed E-state index contributed by atoms with van der Waals surface area (Å²) in [6, 6.07) is 20.1. The van der Waals surface area contributed by atoms with Crippen LogP contribution in [0.4, 0.5) is 5.69 Å². The number of benzene rings is 2. The monoisotopic (exact) mass is 318 g/mol. The molecule has 1 atom stereocenters. The minimum absolute atomic E-state index is 0.00773. The van der Waals surface area contributed by atoms with Crippen LogP contribution in [0.1, 0.15) is 29.2 Å². The summed E-state index contributed by atoms with van der Waals surface area (Å²) >= 11 is 0. The zero-order valence-electron chi connectivity index (χ0n) is 14.1. The van der Waals surface area contributed by atoms with Crippen molar-refractivity contribution in [2.24, 2.45) is 0 Å². The molecule has 0 radical (unpaired) electrons. The number of anilines is 1. The summed E-state index contributed by atoms with van der Waals surface area (Å²) in [5.74, 6) is 0.0146. The summed E-state index contributed by atoms with van der Waals surface area (Å²) in [5.41, 5.74) is 4.38. The van der Waals surface area contributed by atoms with Crippen LogP contribution in [-0.2, 0) is 4.79 Å². The Bertz CT molecular complexity index is 804. The first kappa shape index (κ1) is 16.1. The highest BCUT2D eigenvalue weighted by atomic mass is 16.1. The van der Waals surface area contributed by atoms with Crippen molar-refractivity contribution in [2.45, 2.75) is 26.3 Å². The molecule has 1 heterocycles. The van der Waals surface area contributed by atoms with E-state index >= 15 is 0 Å². The molecule has 3 heteroatoms. The highest BCUT2D eigenvalue weighted by Gasteiger charge is 2.19. The third-order valence-corrected chi connectivity index (χ3v) is 4.25. The van der Waals surface area contributed by atoms with E-state index < -0.39 is 0 Å². The van der Waals surface area contributed by atoms with E-state index in [2.05, 4.69) is 28.9 Å². The molecule has 0 saturated carbocycles. The van der Waals surface area contributed by atoms with Gasteiger partial charge < -0.3 is 9.88 Å². The first-order valence-electron chi connectivity index (χ1n) is 8.18. The quantitative estimate of drug-likeness (QED) is 0.725. The van der Waals surface area contributed by atoms with Gasteiger partial charge in [0, 0.05) is 18.1 Å². The van der Waals surface area contributed by atoms with E-state index in [1.165, 1.54) is 16.7 Å². The van der Waals surface area contributed by atoms with Gasteiger partial charge >= 0.3 is 0 Å². The molecular formula is C21H22N2O. The van der Waals surface area contributed by atoms with Crippen LogP contribution < -0.4 is 5.32 Å². The average molecular weight is 318 g/mol. The van der Waals surface area contributed by atoms with Crippen LogP contribution in [0, 0.1) is 13.8 Å². The summed E-state index contributed by atoms with van der Waals surface area (Å²) in [6.45, 7) is 4.12. The van der Waals surface area contributed by atoms with Gasteiger partial charge in [0.05, 0.1) is 12.5 Å². The summed E-state index contributed by atoms with van der Waals surface area (Å²) in [5, 5.41) is 3.00. The van der Waals surface area contributed by atoms with Gasteiger partial charge in [-0.1, -0.05) is 42.0 Å². The van der Waals surface area contributed by atoms with Crippen molar-refractivity contribution < 1.29 is 4.79 Å². The molecule has 0 spiro atoms. The summed E-state index contributed by atoms with van der Waals surface area (Å²) in [4.78, 5) is 12.6. The van der Waals surface area contributed by atoms with Gasteiger partial charge in [-0.05, 0) is 49.2 Å². The van der Waals surface area contributed by atoms with Gasteiger partial charge in [-0.25, -0.2) is 0 Å². The van der Waals surface area contributed by atoms with E-state index in [0.29, 0.717) is 6.42 Å². The first-order valence-corrected chi connectivity index (χ1v) is 8.18. The molecule has 0 unspecified atom stereocenters. The Labute approximate surface area is 143 Å². The predicted octanol–water partition coefficient (Wildman–Crippen LogP) is 4.72. The molecule has 1 amide bonds. The number of hydrogen-bond acceptors (Lipinski definition) is 1. The second-order valence-electron chi connectivity index (χ2n) is 6.12. The third-order valence-electron chi connectivity index (χ3n) is 4.25. The number of hydrogen-bond donors (Lipinski definition) is 1. The number of amides is 1. The molecule has 0 aliphatic heterocycles. The topological polar surface area (TPSA) is 34.0 Å². The van der Waals surface area contributed by atoms with Crippen LogP contribution in [0.2, 0.25) is 0 Å². The van der Waals surface area contributed by atoms with Gasteiger partial charge in [-0.15, -0.1) is 0 Å². The fourth-order valence-corrected chi connectivity index (χ4v) is 2.92. The standard InChI is InChI=1S/C21H22N2O/c1-16-9-11-18(12-10-16)22-21(24)15-20(23-13-5-6-14-23)19-8-4-3-7-17(19)2/h3-14,20H,15H2,1-2H3,(H,22,24)/t20-/m0/s1. The highest BCUT2D eigenvalue weighted by Crippen LogP contribution is 2.26. The SMILES string of the molecule is Cc1ccc(NC(=O)C[C@@H](c2ccccc2C)n2cccc2)cc1. The van der Waals surface area contributed by atoms with Crippen LogP contribution in [0.15, 0.2) is 73.1 Å². The number of rotatable bonds is 5. The summed E-state index contributed by atoms with van der Waals surface area (Å²) in [7, 11) is 0. The fourth-order valence-electron chi connectivity index (χ4n) is 2.92. The van der Waals surface area contributed by atoms with Crippen LogP contribution in [0.3, 0.4) is 0 Å². The number of carbonyl (C=O) groups excluding carboxylic acids is 1. The van der Waals surface area contributed by atoms with Gasteiger partial charge in [0.1, 0.15) is 0 Å². The molecule has 0 fully saturated rings. The van der Waals surface area contributed by atoms with Crippen molar-refractivity contribution in [1.29, 1.82) is 0 Å². The second kappa shape index (κ2) is 7.18. The molecule has 24 heavy (non-hydrogen) atoms. The lowest BCUT2D eigenvalue weighted by molar-refractivity contribution is -0.116. The molecule has 3 rings (SSSR count). The minimum Gasteiger partial charge on any atom is -0.346 e. The lowest BCUT2D eigenvalue weighted by Gasteiger charge is -2.21. The van der Waals surface area contributed by atoms with E-state index in [-0.39, 0.29) is 11.9 Å². The molecule has 122 valence electrons. The van der Waals surface area contributed by atoms with Crippen molar-refractivity contribution in [2.75, 3.05) is 5.32 Å². The fraction of sp³-hybridized carbons (Fsp3) is 0.190. The zero-order chi connectivity index (χ0) is 16.9. The maximum absolute atomic E-state index is 12.6. The average Bonchev–Trinajstić information content (AvgIpc) is 3.10. The predicted molar refractivity (Wildman–Crippen MR) is 98.2 cm³/mol. The van der Waals surface area contributed by atoms with Gasteiger partial charge in [0.2, 0.25) is 5.91 Å². The van der Waals surface area contributed by atoms with Gasteiger partial charge in [0.15, 0.2) is 0 Å². The Hall–Kier alpha value is -2.81. The van der Waals surface area contributed by atoms with Crippen molar-refractivity contribution >= 4 is 11.6 Å². The van der Waals surface area contributed by atoms with Crippen molar-refractivity contribution in [3.63, 3.8) is 0 Å². The van der Waals surface area contributed by atoms with Crippen LogP contribution in [-0.4, -0.2) is 10.5 Å². The summed E-state index contributed by atoms with van der Waals surface area (Å²) < 4.78 is 2.09. The molecule has 1 N–H and O–H groups in total. The van der Waals surface area contributed by atoms with Crippen LogP contribution in [0.5, 0.6) is 0 Å². The normalized spacial score (nSPS) is 11.9. The lowest BCUT2D eigenvalue weighted by atomic mass is 9.98. The number of nitrogens with one attached hydrogen (secondary N) is 1. The van der Waals surface area contributed by atoms with E-state index in [4.69, 9.17) is 0 Å². The molecule has 2 aromatic carbocycles. The first-order chi connectivity index (χ1) is 11.6. The van der Waals surface area contributed by atoms with E-state index in [0.717, 1.165) is 5.69 Å². The lowest BCUT2D eigenvalue weighted by Crippen LogP contribution is -2.20. The Morgan fingerprint density at radius 2 is 1.62 bits per heavy atom. The second-order valence-corrected chi connectivity index (χ2v) is 6.12. The van der Waals surface area contributed by atoms with Crippen molar-refractivity contribution in [1.82, 2.24) is 4.57 Å². The Balaban J connectivity index is 1.81. The molecular weight excluding hydrogens is 296 g/mol. The van der Waals surface area contributed by atoms with Crippen LogP contribution in [0.25, 0.3) is 0 Å². The van der Waals surface area contributed by atoms with Gasteiger partial charge in [-0.3, -0.25) is 4.79 Å². The van der Waals surface area contributed by atoms with Gasteiger partial charge in [-0.2, -0.15) is 0 Å². The Morgan fingerprint density at radius 3 is 2.29 bits per heavy atom. The smallest absolute Gasteiger partial charge is 0.226 e. The molecule has 3 aromatic rings. The molecule has 0 aliphatic carbocycles. The molecule has 3 nitrogen and oxygen atoms in total. The number of carbonyl (C=O) groups is 1. The molecule has 1 aromatic heterocycles. The summed E-state index contributed by atoms with van der Waals surface area (Å²) in [6.07, 6.45) is 4.42. The largest absolute Gasteiger partial charge is 0.346 e. The van der Waals surface area contributed by atoms with Crippen LogP contribution >= 0.6 is 0 Å². The molecule has 0 bridgehead atoms. The molecule has 0 aliphatic rings. The Kier molecular flexibility index (Phi) is 4.80. The number of aryl methyl sites for hydroxylation is 2. The van der Waals surface area contributed by atoms with Crippen molar-refractivity contribution in [3.8, 4) is 0 Å². The Morgan fingerprint density at radius 1 is 0.958 bits per heavy atom. The van der Waals surface area contributed by atoms with E-state index in [1.807, 2.05) is 67.8 Å². The van der Waals surface area contributed by atoms with E-state index in [1.54, 1.807) is 0 Å². The van der Waals surface area contributed by atoms with Crippen molar-refractivity contribution in [3.05, 3.63) is 89.7 Å². The minimum atomic E-state index is -0.00773. The zero-order valence-corrected chi connectivity index (χ0v) is 14.1. The maximum Gasteiger partial charge on any atom is 0.226 e. The third kappa shape index (κ3) is 3.74. The number of aromatic nitrogens is 1. The maximum atomic E-state index is 12.6. The number of nitrogens with zero attached hydrogens (tertiary/aromatic N) is 1.